The monoisotopic (exact) mass is 403 g/mol. The lowest BCUT2D eigenvalue weighted by Gasteiger charge is -2.33. The van der Waals surface area contributed by atoms with E-state index in [-0.39, 0.29) is 5.91 Å². The molecule has 8 heteroatoms. The molecular formula is C20H25N3O4S. The van der Waals surface area contributed by atoms with Crippen molar-refractivity contribution in [2.45, 2.75) is 26.7 Å². The zero-order valence-corrected chi connectivity index (χ0v) is 17.0. The molecule has 1 fully saturated rings. The van der Waals surface area contributed by atoms with Crippen LogP contribution in [0.25, 0.3) is 6.08 Å². The minimum Gasteiger partial charge on any atom is -0.361 e. The van der Waals surface area contributed by atoms with Gasteiger partial charge in [0.15, 0.2) is 0 Å². The van der Waals surface area contributed by atoms with Crippen molar-refractivity contribution < 1.29 is 17.7 Å². The third kappa shape index (κ3) is 4.88. The smallest absolute Gasteiger partial charge is 0.236 e. The van der Waals surface area contributed by atoms with E-state index in [2.05, 4.69) is 5.16 Å². The van der Waals surface area contributed by atoms with Crippen LogP contribution in [-0.2, 0) is 21.2 Å². The van der Waals surface area contributed by atoms with Crippen molar-refractivity contribution in [3.63, 3.8) is 0 Å². The van der Waals surface area contributed by atoms with Crippen molar-refractivity contribution in [2.24, 2.45) is 0 Å². The lowest BCUT2D eigenvalue weighted by atomic mass is 10.1. The molecule has 2 heterocycles. The summed E-state index contributed by atoms with van der Waals surface area (Å²) in [7, 11) is -3.50. The number of hydrogen-bond acceptors (Lipinski definition) is 5. The summed E-state index contributed by atoms with van der Waals surface area (Å²) in [6.07, 6.45) is 2.54. The first-order valence-electron chi connectivity index (χ1n) is 9.29. The maximum absolute atomic E-state index is 12.5. The number of piperazine rings is 1. The maximum Gasteiger partial charge on any atom is 0.236 e. The van der Waals surface area contributed by atoms with Crippen LogP contribution in [-0.4, -0.2) is 54.9 Å². The van der Waals surface area contributed by atoms with Gasteiger partial charge in [-0.05, 0) is 31.9 Å². The van der Waals surface area contributed by atoms with Crippen LogP contribution in [0.5, 0.6) is 0 Å². The van der Waals surface area contributed by atoms with E-state index in [1.165, 1.54) is 9.71 Å². The first kappa shape index (κ1) is 20.3. The van der Waals surface area contributed by atoms with Gasteiger partial charge in [0, 0.05) is 43.6 Å². The fraction of sp³-hybridized carbons (Fsp3) is 0.400. The Morgan fingerprint density at radius 2 is 1.82 bits per heavy atom. The summed E-state index contributed by atoms with van der Waals surface area (Å²) in [5, 5.41) is 5.14. The zero-order chi connectivity index (χ0) is 20.1. The Labute approximate surface area is 165 Å². The third-order valence-electron chi connectivity index (χ3n) is 4.95. The molecule has 1 aromatic heterocycles. The van der Waals surface area contributed by atoms with Crippen LogP contribution in [0.15, 0.2) is 40.3 Å². The third-order valence-corrected chi connectivity index (χ3v) is 6.52. The Morgan fingerprint density at radius 3 is 2.43 bits per heavy atom. The van der Waals surface area contributed by atoms with E-state index in [0.29, 0.717) is 39.0 Å². The van der Waals surface area contributed by atoms with Crippen LogP contribution >= 0.6 is 0 Å². The summed E-state index contributed by atoms with van der Waals surface area (Å²) in [5.74, 6) is 0.767. The highest BCUT2D eigenvalue weighted by Crippen LogP contribution is 2.16. The SMILES string of the molecule is Cc1noc(C)c1CCC(=O)N1CCN(S(=O)(=O)C=Cc2ccccc2)CC1. The van der Waals surface area contributed by atoms with E-state index >= 15 is 0 Å². The Morgan fingerprint density at radius 1 is 1.14 bits per heavy atom. The first-order valence-corrected chi connectivity index (χ1v) is 10.8. The first-order chi connectivity index (χ1) is 13.4. The number of aromatic nitrogens is 1. The fourth-order valence-electron chi connectivity index (χ4n) is 3.26. The van der Waals surface area contributed by atoms with Crippen LogP contribution in [0, 0.1) is 13.8 Å². The van der Waals surface area contributed by atoms with E-state index in [9.17, 15) is 13.2 Å². The summed E-state index contributed by atoms with van der Waals surface area (Å²) >= 11 is 0. The predicted octanol–water partition coefficient (Wildman–Crippen LogP) is 2.37. The van der Waals surface area contributed by atoms with Gasteiger partial charge in [-0.2, -0.15) is 4.31 Å². The highest BCUT2D eigenvalue weighted by Gasteiger charge is 2.27. The van der Waals surface area contributed by atoms with E-state index in [4.69, 9.17) is 4.52 Å². The fourth-order valence-corrected chi connectivity index (χ4v) is 4.43. The van der Waals surface area contributed by atoms with Crippen molar-refractivity contribution in [2.75, 3.05) is 26.2 Å². The van der Waals surface area contributed by atoms with E-state index in [0.717, 1.165) is 22.6 Å². The van der Waals surface area contributed by atoms with Crippen molar-refractivity contribution >= 4 is 22.0 Å². The molecular weight excluding hydrogens is 378 g/mol. The van der Waals surface area contributed by atoms with Gasteiger partial charge in [0.1, 0.15) is 5.76 Å². The van der Waals surface area contributed by atoms with Gasteiger partial charge >= 0.3 is 0 Å². The normalized spacial score (nSPS) is 16.0. The molecule has 0 spiro atoms. The van der Waals surface area contributed by atoms with Gasteiger partial charge in [0.05, 0.1) is 5.69 Å². The second kappa shape index (κ2) is 8.70. The lowest BCUT2D eigenvalue weighted by Crippen LogP contribution is -2.50. The van der Waals surface area contributed by atoms with Gasteiger partial charge in [-0.25, -0.2) is 8.42 Å². The maximum atomic E-state index is 12.5. The van der Waals surface area contributed by atoms with Crippen LogP contribution < -0.4 is 0 Å². The van der Waals surface area contributed by atoms with Gasteiger partial charge in [0.2, 0.25) is 15.9 Å². The van der Waals surface area contributed by atoms with E-state index in [1.54, 1.807) is 11.0 Å². The molecule has 1 amide bonds. The molecule has 0 bridgehead atoms. The summed E-state index contributed by atoms with van der Waals surface area (Å²) in [6.45, 7) is 5.12. The Bertz CT molecular complexity index is 924. The Hall–Kier alpha value is -2.45. The minimum atomic E-state index is -3.50. The molecule has 0 radical (unpaired) electrons. The quantitative estimate of drug-likeness (QED) is 0.739. The molecule has 0 N–H and O–H groups in total. The number of benzene rings is 1. The van der Waals surface area contributed by atoms with E-state index in [1.807, 2.05) is 44.2 Å². The number of nitrogens with zero attached hydrogens (tertiary/aromatic N) is 3. The number of aryl methyl sites for hydroxylation is 2. The number of carbonyl (C=O) groups is 1. The van der Waals surface area contributed by atoms with Gasteiger partial charge in [0.25, 0.3) is 0 Å². The predicted molar refractivity (Wildman–Crippen MR) is 107 cm³/mol. The lowest BCUT2D eigenvalue weighted by molar-refractivity contribution is -0.132. The van der Waals surface area contributed by atoms with Crippen LogP contribution in [0.2, 0.25) is 0 Å². The number of carbonyl (C=O) groups excluding carboxylic acids is 1. The number of hydrogen-bond donors (Lipinski definition) is 0. The largest absolute Gasteiger partial charge is 0.361 e. The highest BCUT2D eigenvalue weighted by atomic mass is 32.2. The van der Waals surface area contributed by atoms with Gasteiger partial charge in [-0.15, -0.1) is 0 Å². The molecule has 0 unspecified atom stereocenters. The van der Waals surface area contributed by atoms with Crippen molar-refractivity contribution in [1.29, 1.82) is 0 Å². The summed E-state index contributed by atoms with van der Waals surface area (Å²) < 4.78 is 31.6. The molecule has 1 aromatic carbocycles. The van der Waals surface area contributed by atoms with Gasteiger partial charge in [-0.3, -0.25) is 4.79 Å². The molecule has 1 saturated heterocycles. The summed E-state index contributed by atoms with van der Waals surface area (Å²) in [5.41, 5.74) is 2.62. The van der Waals surface area contributed by atoms with E-state index < -0.39 is 10.0 Å². The van der Waals surface area contributed by atoms with Crippen molar-refractivity contribution in [3.05, 3.63) is 58.3 Å². The molecule has 0 saturated carbocycles. The molecule has 1 aliphatic heterocycles. The molecule has 28 heavy (non-hydrogen) atoms. The Balaban J connectivity index is 1.52. The van der Waals surface area contributed by atoms with Gasteiger partial charge < -0.3 is 9.42 Å². The topological polar surface area (TPSA) is 83.7 Å². The second-order valence-electron chi connectivity index (χ2n) is 6.84. The number of rotatable bonds is 6. The molecule has 0 atom stereocenters. The molecule has 7 nitrogen and oxygen atoms in total. The average Bonchev–Trinajstić information content (AvgIpc) is 3.03. The zero-order valence-electron chi connectivity index (χ0n) is 16.2. The van der Waals surface area contributed by atoms with Gasteiger partial charge in [-0.1, -0.05) is 35.5 Å². The second-order valence-corrected chi connectivity index (χ2v) is 8.66. The minimum absolute atomic E-state index is 0.0249. The van der Waals surface area contributed by atoms with Crippen LogP contribution in [0.3, 0.4) is 0 Å². The number of sulfonamides is 1. The average molecular weight is 404 g/mol. The standard InChI is InChI=1S/C20H25N3O4S/c1-16-19(17(2)27-21-16)8-9-20(24)22-11-13-23(14-12-22)28(25,26)15-10-18-6-4-3-5-7-18/h3-7,10,15H,8-9,11-14H2,1-2H3. The molecule has 1 aliphatic rings. The summed E-state index contributed by atoms with van der Waals surface area (Å²) in [6, 6.07) is 9.30. The molecule has 2 aromatic rings. The summed E-state index contributed by atoms with van der Waals surface area (Å²) in [4.78, 5) is 14.2. The molecule has 3 rings (SSSR count). The van der Waals surface area contributed by atoms with Crippen LogP contribution in [0.1, 0.15) is 29.0 Å². The van der Waals surface area contributed by atoms with Crippen molar-refractivity contribution in [3.8, 4) is 0 Å². The van der Waals surface area contributed by atoms with Crippen molar-refractivity contribution in [1.82, 2.24) is 14.4 Å². The molecule has 0 aliphatic carbocycles. The molecule has 150 valence electrons. The Kier molecular flexibility index (Phi) is 6.31. The highest BCUT2D eigenvalue weighted by molar-refractivity contribution is 7.92. The van der Waals surface area contributed by atoms with Crippen LogP contribution in [0.4, 0.5) is 0 Å². The number of amides is 1.